The first kappa shape index (κ1) is 21.3. The van der Waals surface area contributed by atoms with Crippen molar-refractivity contribution in [3.05, 3.63) is 18.2 Å². The minimum atomic E-state index is -3.25. The number of anilines is 1. The zero-order chi connectivity index (χ0) is 21.3. The van der Waals surface area contributed by atoms with E-state index in [-0.39, 0.29) is 11.8 Å². The van der Waals surface area contributed by atoms with E-state index in [1.165, 1.54) is 10.6 Å². The number of rotatable bonds is 5. The van der Waals surface area contributed by atoms with Gasteiger partial charge in [0.2, 0.25) is 15.9 Å². The highest BCUT2D eigenvalue weighted by Crippen LogP contribution is 2.32. The molecule has 0 bridgehead atoms. The third-order valence-corrected chi connectivity index (χ3v) is 8.07. The summed E-state index contributed by atoms with van der Waals surface area (Å²) >= 11 is 1.64. The van der Waals surface area contributed by atoms with Crippen molar-refractivity contribution in [2.45, 2.75) is 19.8 Å². The van der Waals surface area contributed by atoms with Gasteiger partial charge in [-0.2, -0.15) is 0 Å². The number of fused-ring (bicyclic) bond motifs is 1. The normalized spacial score (nSPS) is 21.2. The van der Waals surface area contributed by atoms with Gasteiger partial charge in [0.05, 0.1) is 29.0 Å². The summed E-state index contributed by atoms with van der Waals surface area (Å²) in [4.78, 5) is 21.8. The van der Waals surface area contributed by atoms with Crippen LogP contribution in [0.3, 0.4) is 0 Å². The lowest BCUT2D eigenvalue weighted by molar-refractivity contribution is -0.137. The molecule has 0 N–H and O–H groups in total. The van der Waals surface area contributed by atoms with Gasteiger partial charge in [-0.25, -0.2) is 17.7 Å². The topological polar surface area (TPSA) is 83.1 Å². The fraction of sp³-hybridized carbons (Fsp3) is 0.600. The standard InChI is InChI=1S/C20H28N4O4S2/c1-3-28-16-6-7-17-18(13-16)29-20(21-17)23-11-9-22(10-12-23)19(25)15-5-4-8-24(14-15)30(2,26)27/h6-7,13,15H,3-5,8-12,14H2,1-2H3. The molecule has 1 aromatic heterocycles. The molecular formula is C20H28N4O4S2. The number of amides is 1. The van der Waals surface area contributed by atoms with E-state index in [1.54, 1.807) is 11.3 Å². The molecule has 164 valence electrons. The van der Waals surface area contributed by atoms with Crippen LogP contribution in [0.25, 0.3) is 10.2 Å². The highest BCUT2D eigenvalue weighted by Gasteiger charge is 2.34. The van der Waals surface area contributed by atoms with E-state index >= 15 is 0 Å². The van der Waals surface area contributed by atoms with Crippen molar-refractivity contribution in [2.24, 2.45) is 5.92 Å². The summed E-state index contributed by atoms with van der Waals surface area (Å²) in [7, 11) is -3.25. The molecule has 2 fully saturated rings. The van der Waals surface area contributed by atoms with Crippen LogP contribution >= 0.6 is 11.3 Å². The molecule has 2 aromatic rings. The number of nitrogens with zero attached hydrogens (tertiary/aromatic N) is 4. The number of carbonyl (C=O) groups excluding carboxylic acids is 1. The second-order valence-corrected chi connectivity index (χ2v) is 10.8. The molecule has 0 aliphatic carbocycles. The van der Waals surface area contributed by atoms with Crippen molar-refractivity contribution in [2.75, 3.05) is 57.0 Å². The summed E-state index contributed by atoms with van der Waals surface area (Å²) in [6, 6.07) is 5.95. The van der Waals surface area contributed by atoms with E-state index in [0.717, 1.165) is 47.0 Å². The van der Waals surface area contributed by atoms with Crippen LogP contribution < -0.4 is 9.64 Å². The van der Waals surface area contributed by atoms with Crippen LogP contribution in [0.5, 0.6) is 5.75 Å². The zero-order valence-electron chi connectivity index (χ0n) is 17.4. The Kier molecular flexibility index (Phi) is 6.17. The van der Waals surface area contributed by atoms with E-state index in [0.29, 0.717) is 32.8 Å². The van der Waals surface area contributed by atoms with Gasteiger partial charge >= 0.3 is 0 Å². The van der Waals surface area contributed by atoms with E-state index in [2.05, 4.69) is 4.90 Å². The molecule has 4 rings (SSSR count). The predicted molar refractivity (Wildman–Crippen MR) is 119 cm³/mol. The molecule has 1 amide bonds. The second kappa shape index (κ2) is 8.68. The van der Waals surface area contributed by atoms with Crippen molar-refractivity contribution < 1.29 is 17.9 Å². The van der Waals surface area contributed by atoms with E-state index in [1.807, 2.05) is 30.0 Å². The first-order chi connectivity index (χ1) is 14.3. The zero-order valence-corrected chi connectivity index (χ0v) is 19.0. The van der Waals surface area contributed by atoms with Crippen LogP contribution in [0, 0.1) is 5.92 Å². The minimum absolute atomic E-state index is 0.0775. The Morgan fingerprint density at radius 1 is 1.23 bits per heavy atom. The molecule has 10 heteroatoms. The Morgan fingerprint density at radius 3 is 2.70 bits per heavy atom. The molecule has 1 unspecified atom stereocenters. The Bertz CT molecular complexity index is 1010. The maximum Gasteiger partial charge on any atom is 0.227 e. The molecule has 8 nitrogen and oxygen atoms in total. The van der Waals surface area contributed by atoms with Gasteiger partial charge < -0.3 is 14.5 Å². The highest BCUT2D eigenvalue weighted by molar-refractivity contribution is 7.88. The average molecular weight is 453 g/mol. The molecule has 0 spiro atoms. The summed E-state index contributed by atoms with van der Waals surface area (Å²) in [6.07, 6.45) is 2.71. The quantitative estimate of drug-likeness (QED) is 0.690. The van der Waals surface area contributed by atoms with Crippen molar-refractivity contribution in [3.63, 3.8) is 0 Å². The van der Waals surface area contributed by atoms with E-state index in [9.17, 15) is 13.2 Å². The van der Waals surface area contributed by atoms with Gasteiger partial charge in [-0.1, -0.05) is 11.3 Å². The number of ether oxygens (including phenoxy) is 1. The predicted octanol–water partition coefficient (Wildman–Crippen LogP) is 2.02. The lowest BCUT2D eigenvalue weighted by Crippen LogP contribution is -2.53. The molecule has 30 heavy (non-hydrogen) atoms. The summed E-state index contributed by atoms with van der Waals surface area (Å²) in [5, 5.41) is 0.965. The molecule has 3 heterocycles. The summed E-state index contributed by atoms with van der Waals surface area (Å²) in [6.45, 7) is 6.14. The van der Waals surface area contributed by atoms with E-state index < -0.39 is 10.0 Å². The van der Waals surface area contributed by atoms with Crippen LogP contribution in [0.1, 0.15) is 19.8 Å². The van der Waals surface area contributed by atoms with Gasteiger partial charge in [0, 0.05) is 39.3 Å². The SMILES string of the molecule is CCOc1ccc2nc(N3CCN(C(=O)C4CCCN(S(C)(=O)=O)C4)CC3)sc2c1. The van der Waals surface area contributed by atoms with Crippen molar-refractivity contribution in [3.8, 4) is 5.75 Å². The Hall–Kier alpha value is -1.91. The third kappa shape index (κ3) is 4.55. The van der Waals surface area contributed by atoms with Crippen LogP contribution in [0.15, 0.2) is 18.2 Å². The molecule has 0 saturated carbocycles. The average Bonchev–Trinajstić information content (AvgIpc) is 3.16. The minimum Gasteiger partial charge on any atom is -0.494 e. The van der Waals surface area contributed by atoms with Crippen LogP contribution in [0.2, 0.25) is 0 Å². The molecule has 1 aromatic carbocycles. The maximum atomic E-state index is 13.0. The lowest BCUT2D eigenvalue weighted by atomic mass is 9.98. The Morgan fingerprint density at radius 2 is 2.00 bits per heavy atom. The lowest BCUT2D eigenvalue weighted by Gasteiger charge is -2.38. The summed E-state index contributed by atoms with van der Waals surface area (Å²) in [5.41, 5.74) is 0.958. The Labute approximate surface area is 181 Å². The molecule has 2 saturated heterocycles. The smallest absolute Gasteiger partial charge is 0.227 e. The van der Waals surface area contributed by atoms with Crippen molar-refractivity contribution in [1.82, 2.24) is 14.2 Å². The molecule has 0 radical (unpaired) electrons. The summed E-state index contributed by atoms with van der Waals surface area (Å²) < 4.78 is 31.8. The summed E-state index contributed by atoms with van der Waals surface area (Å²) in [5.74, 6) is 0.694. The number of benzene rings is 1. The van der Waals surface area contributed by atoms with Crippen molar-refractivity contribution in [1.29, 1.82) is 0 Å². The number of hydrogen-bond donors (Lipinski definition) is 0. The third-order valence-electron chi connectivity index (χ3n) is 5.72. The first-order valence-corrected chi connectivity index (χ1v) is 13.0. The molecule has 2 aliphatic heterocycles. The van der Waals surface area contributed by atoms with Gasteiger partial charge in [0.25, 0.3) is 0 Å². The van der Waals surface area contributed by atoms with Gasteiger partial charge in [-0.05, 0) is 38.0 Å². The number of hydrogen-bond acceptors (Lipinski definition) is 7. The number of piperazine rings is 1. The molecular weight excluding hydrogens is 424 g/mol. The largest absolute Gasteiger partial charge is 0.494 e. The molecule has 1 atom stereocenters. The Balaban J connectivity index is 1.37. The molecule has 2 aliphatic rings. The van der Waals surface area contributed by atoms with Crippen molar-refractivity contribution >= 4 is 42.6 Å². The van der Waals surface area contributed by atoms with Gasteiger partial charge in [-0.3, -0.25) is 4.79 Å². The van der Waals surface area contributed by atoms with Crippen LogP contribution in [-0.4, -0.2) is 80.6 Å². The monoisotopic (exact) mass is 452 g/mol. The number of piperidine rings is 1. The fourth-order valence-corrected chi connectivity index (χ4v) is 6.06. The second-order valence-electron chi connectivity index (χ2n) is 7.83. The van der Waals surface area contributed by atoms with Crippen LogP contribution in [0.4, 0.5) is 5.13 Å². The maximum absolute atomic E-state index is 13.0. The fourth-order valence-electron chi connectivity index (χ4n) is 4.11. The van der Waals surface area contributed by atoms with E-state index in [4.69, 9.17) is 9.72 Å². The number of thiazole rings is 1. The van der Waals surface area contributed by atoms with Gasteiger partial charge in [0.15, 0.2) is 5.13 Å². The number of aromatic nitrogens is 1. The highest BCUT2D eigenvalue weighted by atomic mass is 32.2. The van der Waals surface area contributed by atoms with Gasteiger partial charge in [-0.15, -0.1) is 0 Å². The van der Waals surface area contributed by atoms with Crippen LogP contribution in [-0.2, 0) is 14.8 Å². The number of carbonyl (C=O) groups is 1. The number of sulfonamides is 1. The first-order valence-electron chi connectivity index (χ1n) is 10.4. The van der Waals surface area contributed by atoms with Gasteiger partial charge in [0.1, 0.15) is 5.75 Å².